The van der Waals surface area contributed by atoms with Crippen LogP contribution >= 0.6 is 23.2 Å². The standard InChI is InChI=1S/C26H21Cl2N3O7S/c1-15(32)29-18-4-6-19(7-5-18)31-25(33)12-21(26(31)34)30(13-16-2-9-22-23(10-16)38-14-37-22)39(35,36)24-11-17(27)3-8-20(24)28/h2-11,21H,12-14H2,1H3,(H,29,32). The molecule has 1 saturated heterocycles. The van der Waals surface area contributed by atoms with E-state index in [1.807, 2.05) is 0 Å². The van der Waals surface area contributed by atoms with Crippen molar-refractivity contribution in [2.45, 2.75) is 30.8 Å². The first-order valence-corrected chi connectivity index (χ1v) is 13.8. The maximum atomic E-state index is 14.0. The molecular weight excluding hydrogens is 569 g/mol. The first-order chi connectivity index (χ1) is 18.5. The van der Waals surface area contributed by atoms with E-state index in [1.54, 1.807) is 18.2 Å². The van der Waals surface area contributed by atoms with Crippen LogP contribution < -0.4 is 19.7 Å². The number of nitrogens with one attached hydrogen (secondary N) is 1. The Kier molecular flexibility index (Phi) is 7.25. The molecule has 0 saturated carbocycles. The van der Waals surface area contributed by atoms with Crippen molar-refractivity contribution in [2.24, 2.45) is 0 Å². The van der Waals surface area contributed by atoms with Gasteiger partial charge in [0.1, 0.15) is 10.9 Å². The second kappa shape index (κ2) is 10.5. The van der Waals surface area contributed by atoms with E-state index in [4.69, 9.17) is 32.7 Å². The third-order valence-electron chi connectivity index (χ3n) is 6.17. The van der Waals surface area contributed by atoms with Gasteiger partial charge in [0.05, 0.1) is 17.1 Å². The van der Waals surface area contributed by atoms with Gasteiger partial charge < -0.3 is 14.8 Å². The molecular formula is C26H21Cl2N3O7S. The SMILES string of the molecule is CC(=O)Nc1ccc(N2C(=O)CC(N(Cc3ccc4c(c3)OCO4)S(=O)(=O)c3cc(Cl)ccc3Cl)C2=O)cc1. The van der Waals surface area contributed by atoms with E-state index in [0.717, 1.165) is 9.21 Å². The fourth-order valence-electron chi connectivity index (χ4n) is 4.39. The molecule has 2 aliphatic heterocycles. The minimum absolute atomic E-state index is 0.0320. The number of imide groups is 1. The zero-order valence-electron chi connectivity index (χ0n) is 20.4. The summed E-state index contributed by atoms with van der Waals surface area (Å²) in [6.45, 7) is 1.12. The minimum atomic E-state index is -4.43. The molecule has 3 aromatic rings. The summed E-state index contributed by atoms with van der Waals surface area (Å²) < 4.78 is 39.7. The van der Waals surface area contributed by atoms with E-state index in [1.165, 1.54) is 49.4 Å². The Balaban J connectivity index is 1.53. The van der Waals surface area contributed by atoms with Crippen LogP contribution in [0.5, 0.6) is 11.5 Å². The highest BCUT2D eigenvalue weighted by atomic mass is 35.5. The number of carbonyl (C=O) groups excluding carboxylic acids is 3. The summed E-state index contributed by atoms with van der Waals surface area (Å²) >= 11 is 12.3. The number of hydrogen-bond acceptors (Lipinski definition) is 7. The molecule has 1 fully saturated rings. The fraction of sp³-hybridized carbons (Fsp3) is 0.192. The summed E-state index contributed by atoms with van der Waals surface area (Å²) in [6, 6.07) is 13.6. The summed E-state index contributed by atoms with van der Waals surface area (Å²) in [6.07, 6.45) is -0.395. The smallest absolute Gasteiger partial charge is 0.252 e. The number of rotatable bonds is 7. The monoisotopic (exact) mass is 589 g/mol. The van der Waals surface area contributed by atoms with Crippen molar-refractivity contribution >= 4 is 62.3 Å². The second-order valence-electron chi connectivity index (χ2n) is 8.83. The number of benzene rings is 3. The Morgan fingerprint density at radius 2 is 1.74 bits per heavy atom. The first kappa shape index (κ1) is 26.9. The number of hydrogen-bond donors (Lipinski definition) is 1. The van der Waals surface area contributed by atoms with Crippen LogP contribution in [0.25, 0.3) is 0 Å². The molecule has 3 amide bonds. The van der Waals surface area contributed by atoms with Gasteiger partial charge in [-0.15, -0.1) is 0 Å². The molecule has 0 aliphatic carbocycles. The van der Waals surface area contributed by atoms with Crippen molar-refractivity contribution in [3.05, 3.63) is 76.3 Å². The van der Waals surface area contributed by atoms with Crippen LogP contribution in [-0.2, 0) is 31.0 Å². The zero-order valence-corrected chi connectivity index (χ0v) is 22.7. The summed E-state index contributed by atoms with van der Waals surface area (Å²) in [5.41, 5.74) is 1.21. The predicted molar refractivity (Wildman–Crippen MR) is 143 cm³/mol. The molecule has 10 nitrogen and oxygen atoms in total. The molecule has 2 heterocycles. The number of nitrogens with zero attached hydrogens (tertiary/aromatic N) is 2. The molecule has 39 heavy (non-hydrogen) atoms. The molecule has 202 valence electrons. The maximum Gasteiger partial charge on any atom is 0.252 e. The Hall–Kier alpha value is -3.64. The number of ether oxygens (including phenoxy) is 2. The molecule has 5 rings (SSSR count). The van der Waals surface area contributed by atoms with Gasteiger partial charge >= 0.3 is 0 Å². The topological polar surface area (TPSA) is 122 Å². The van der Waals surface area contributed by atoms with Crippen LogP contribution in [0.15, 0.2) is 65.6 Å². The van der Waals surface area contributed by atoms with Gasteiger partial charge in [0.15, 0.2) is 11.5 Å². The van der Waals surface area contributed by atoms with E-state index in [9.17, 15) is 22.8 Å². The number of carbonyl (C=O) groups is 3. The third-order valence-corrected chi connectivity index (χ3v) is 8.74. The van der Waals surface area contributed by atoms with Crippen molar-refractivity contribution < 1.29 is 32.3 Å². The van der Waals surface area contributed by atoms with Gasteiger partial charge in [0, 0.05) is 24.2 Å². The Morgan fingerprint density at radius 3 is 2.46 bits per heavy atom. The highest BCUT2D eigenvalue weighted by molar-refractivity contribution is 7.89. The third kappa shape index (κ3) is 5.30. The van der Waals surface area contributed by atoms with Gasteiger partial charge in [-0.1, -0.05) is 29.3 Å². The van der Waals surface area contributed by atoms with Crippen LogP contribution in [0.2, 0.25) is 10.0 Å². The lowest BCUT2D eigenvalue weighted by atomic mass is 10.1. The van der Waals surface area contributed by atoms with Crippen LogP contribution in [-0.4, -0.2) is 43.3 Å². The van der Waals surface area contributed by atoms with E-state index < -0.39 is 34.3 Å². The fourth-order valence-corrected chi connectivity index (χ4v) is 6.70. The van der Waals surface area contributed by atoms with Crippen LogP contribution in [0.4, 0.5) is 11.4 Å². The number of halogens is 2. The average Bonchev–Trinajstić information content (AvgIpc) is 3.47. The Bertz CT molecular complexity index is 1600. The number of sulfonamides is 1. The van der Waals surface area contributed by atoms with E-state index in [2.05, 4.69) is 5.32 Å². The molecule has 2 aliphatic rings. The van der Waals surface area contributed by atoms with Crippen molar-refractivity contribution in [1.82, 2.24) is 4.31 Å². The van der Waals surface area contributed by atoms with Crippen LogP contribution in [0.3, 0.4) is 0 Å². The van der Waals surface area contributed by atoms with Crippen LogP contribution in [0, 0.1) is 0 Å². The molecule has 1 unspecified atom stereocenters. The zero-order chi connectivity index (χ0) is 27.9. The molecule has 3 aromatic carbocycles. The summed E-state index contributed by atoms with van der Waals surface area (Å²) in [7, 11) is -4.43. The van der Waals surface area contributed by atoms with Gasteiger partial charge in [0.25, 0.3) is 5.91 Å². The molecule has 1 atom stereocenters. The lowest BCUT2D eigenvalue weighted by Crippen LogP contribution is -2.45. The van der Waals surface area contributed by atoms with Crippen LogP contribution in [0.1, 0.15) is 18.9 Å². The Labute approximate surface area is 234 Å². The summed E-state index contributed by atoms with van der Waals surface area (Å²) in [5.74, 6) is -0.650. The second-order valence-corrected chi connectivity index (χ2v) is 11.5. The van der Waals surface area contributed by atoms with Crippen molar-refractivity contribution in [3.63, 3.8) is 0 Å². The number of amides is 3. The molecule has 1 N–H and O–H groups in total. The molecule has 0 radical (unpaired) electrons. The minimum Gasteiger partial charge on any atom is -0.454 e. The molecule has 0 spiro atoms. The maximum absolute atomic E-state index is 14.0. The van der Waals surface area contributed by atoms with Gasteiger partial charge in [0.2, 0.25) is 28.6 Å². The number of fused-ring (bicyclic) bond motifs is 1. The molecule has 0 bridgehead atoms. The molecule has 0 aromatic heterocycles. The van der Waals surface area contributed by atoms with Gasteiger partial charge in [-0.25, -0.2) is 13.3 Å². The van der Waals surface area contributed by atoms with Gasteiger partial charge in [-0.3, -0.25) is 14.4 Å². The van der Waals surface area contributed by atoms with E-state index >= 15 is 0 Å². The number of anilines is 2. The summed E-state index contributed by atoms with van der Waals surface area (Å²) in [5, 5.41) is 2.66. The van der Waals surface area contributed by atoms with Gasteiger partial charge in [-0.2, -0.15) is 4.31 Å². The van der Waals surface area contributed by atoms with Crippen molar-refractivity contribution in [3.8, 4) is 11.5 Å². The highest BCUT2D eigenvalue weighted by Crippen LogP contribution is 2.37. The quantitative estimate of drug-likeness (QED) is 0.410. The normalized spacial score (nSPS) is 16.7. The average molecular weight is 590 g/mol. The van der Waals surface area contributed by atoms with Gasteiger partial charge in [-0.05, 0) is 60.2 Å². The Morgan fingerprint density at radius 1 is 1.03 bits per heavy atom. The molecule has 13 heteroatoms. The van der Waals surface area contributed by atoms with Crippen molar-refractivity contribution in [1.29, 1.82) is 0 Å². The van der Waals surface area contributed by atoms with E-state index in [0.29, 0.717) is 22.7 Å². The lowest BCUT2D eigenvalue weighted by Gasteiger charge is -2.27. The summed E-state index contributed by atoms with van der Waals surface area (Å²) in [4.78, 5) is 38.7. The largest absolute Gasteiger partial charge is 0.454 e. The highest BCUT2D eigenvalue weighted by Gasteiger charge is 2.47. The van der Waals surface area contributed by atoms with E-state index in [-0.39, 0.29) is 39.9 Å². The first-order valence-electron chi connectivity index (χ1n) is 11.6. The van der Waals surface area contributed by atoms with Crippen molar-refractivity contribution in [2.75, 3.05) is 17.0 Å². The predicted octanol–water partition coefficient (Wildman–Crippen LogP) is 4.20. The lowest BCUT2D eigenvalue weighted by molar-refractivity contribution is -0.122.